The quantitative estimate of drug-likeness (QED) is 0.600. The molecule has 25 heavy (non-hydrogen) atoms. The maximum Gasteiger partial charge on any atom is 0.191 e. The largest absolute Gasteiger partial charge is 0.357 e. The first-order chi connectivity index (χ1) is 12.1. The van der Waals surface area contributed by atoms with E-state index in [4.69, 9.17) is 0 Å². The predicted molar refractivity (Wildman–Crippen MR) is 102 cm³/mol. The van der Waals surface area contributed by atoms with Crippen LogP contribution in [0.5, 0.6) is 0 Å². The molecular weight excluding hydrogens is 315 g/mol. The summed E-state index contributed by atoms with van der Waals surface area (Å²) in [4.78, 5) is 6.77. The molecule has 0 saturated heterocycles. The summed E-state index contributed by atoms with van der Waals surface area (Å²) in [6.45, 7) is 4.84. The minimum absolute atomic E-state index is 0.223. The molecule has 0 fully saturated rings. The van der Waals surface area contributed by atoms with E-state index in [2.05, 4.69) is 58.9 Å². The molecule has 0 atom stereocenters. The van der Waals surface area contributed by atoms with Gasteiger partial charge in [-0.05, 0) is 49.8 Å². The molecule has 0 heterocycles. The Labute approximate surface area is 149 Å². The number of halogens is 1. The lowest BCUT2D eigenvalue weighted by atomic mass is 10.1. The van der Waals surface area contributed by atoms with Crippen LogP contribution in [0.3, 0.4) is 0 Å². The second kappa shape index (κ2) is 9.79. The van der Waals surface area contributed by atoms with E-state index in [0.717, 1.165) is 24.6 Å². The highest BCUT2D eigenvalue weighted by atomic mass is 19.1. The zero-order valence-electron chi connectivity index (χ0n) is 15.2. The van der Waals surface area contributed by atoms with Crippen LogP contribution in [0.15, 0.2) is 53.5 Å². The molecule has 0 aromatic heterocycles. The molecule has 0 radical (unpaired) electrons. The van der Waals surface area contributed by atoms with Crippen LogP contribution in [0.2, 0.25) is 0 Å². The van der Waals surface area contributed by atoms with E-state index in [1.54, 1.807) is 6.07 Å². The van der Waals surface area contributed by atoms with Crippen LogP contribution in [0.4, 0.5) is 4.39 Å². The third kappa shape index (κ3) is 6.93. The summed E-state index contributed by atoms with van der Waals surface area (Å²) in [6.07, 6.45) is 0. The number of guanidine groups is 1. The average molecular weight is 342 g/mol. The summed E-state index contributed by atoms with van der Waals surface area (Å²) in [5, 5.41) is 6.47. The molecule has 0 spiro atoms. The third-order valence-corrected chi connectivity index (χ3v) is 3.60. The first-order valence-corrected chi connectivity index (χ1v) is 8.56. The van der Waals surface area contributed by atoms with Gasteiger partial charge in [0, 0.05) is 19.6 Å². The smallest absolute Gasteiger partial charge is 0.191 e. The molecule has 0 aliphatic heterocycles. The SMILES string of the molecule is CCNC(=NCc1cccc(CN(C)C)c1)NCc1cccc(F)c1. The number of nitrogens with one attached hydrogen (secondary N) is 2. The Balaban J connectivity index is 1.99. The fraction of sp³-hybridized carbons (Fsp3) is 0.350. The molecule has 2 aromatic rings. The number of benzene rings is 2. The van der Waals surface area contributed by atoms with Gasteiger partial charge in [0.2, 0.25) is 0 Å². The topological polar surface area (TPSA) is 39.7 Å². The molecule has 2 N–H and O–H groups in total. The van der Waals surface area contributed by atoms with Crippen molar-refractivity contribution >= 4 is 5.96 Å². The van der Waals surface area contributed by atoms with Crippen LogP contribution in [-0.4, -0.2) is 31.5 Å². The van der Waals surface area contributed by atoms with Gasteiger partial charge in [-0.1, -0.05) is 36.4 Å². The fourth-order valence-corrected chi connectivity index (χ4v) is 2.54. The maximum absolute atomic E-state index is 13.3. The van der Waals surface area contributed by atoms with Crippen molar-refractivity contribution in [2.24, 2.45) is 4.99 Å². The molecule has 0 aliphatic rings. The van der Waals surface area contributed by atoms with Gasteiger partial charge in [0.15, 0.2) is 5.96 Å². The molecule has 0 amide bonds. The van der Waals surface area contributed by atoms with E-state index >= 15 is 0 Å². The van der Waals surface area contributed by atoms with Crippen molar-refractivity contribution < 1.29 is 4.39 Å². The number of nitrogens with zero attached hydrogens (tertiary/aromatic N) is 2. The molecule has 5 heteroatoms. The highest BCUT2D eigenvalue weighted by Crippen LogP contribution is 2.08. The Bertz CT molecular complexity index is 698. The zero-order chi connectivity index (χ0) is 18.1. The van der Waals surface area contributed by atoms with Gasteiger partial charge in [-0.15, -0.1) is 0 Å². The molecule has 2 rings (SSSR count). The van der Waals surface area contributed by atoms with Crippen molar-refractivity contribution in [1.29, 1.82) is 0 Å². The van der Waals surface area contributed by atoms with Crippen molar-refractivity contribution in [1.82, 2.24) is 15.5 Å². The second-order valence-corrected chi connectivity index (χ2v) is 6.24. The van der Waals surface area contributed by atoms with Crippen molar-refractivity contribution in [2.75, 3.05) is 20.6 Å². The standard InChI is InChI=1S/C20H27FN4/c1-4-22-20(24-14-17-8-6-10-19(21)12-17)23-13-16-7-5-9-18(11-16)15-25(2)3/h5-12H,4,13-15H2,1-3H3,(H2,22,23,24). The Hall–Kier alpha value is -2.40. The van der Waals surface area contributed by atoms with Crippen molar-refractivity contribution in [3.63, 3.8) is 0 Å². The highest BCUT2D eigenvalue weighted by molar-refractivity contribution is 5.79. The minimum atomic E-state index is -0.223. The zero-order valence-corrected chi connectivity index (χ0v) is 15.2. The lowest BCUT2D eigenvalue weighted by molar-refractivity contribution is 0.402. The van der Waals surface area contributed by atoms with Gasteiger partial charge in [-0.25, -0.2) is 9.38 Å². The Kier molecular flexibility index (Phi) is 7.41. The summed E-state index contributed by atoms with van der Waals surface area (Å²) in [5.74, 6) is 0.503. The first kappa shape index (κ1) is 18.9. The molecule has 134 valence electrons. The molecule has 0 unspecified atom stereocenters. The molecule has 4 nitrogen and oxygen atoms in total. The number of hydrogen-bond acceptors (Lipinski definition) is 2. The normalized spacial score (nSPS) is 11.6. The van der Waals surface area contributed by atoms with E-state index in [1.165, 1.54) is 23.3 Å². The van der Waals surface area contributed by atoms with E-state index in [0.29, 0.717) is 13.1 Å². The van der Waals surface area contributed by atoms with Crippen LogP contribution < -0.4 is 10.6 Å². The number of aliphatic imine (C=N–C) groups is 1. The van der Waals surface area contributed by atoms with Gasteiger partial charge in [-0.3, -0.25) is 0 Å². The van der Waals surface area contributed by atoms with Gasteiger partial charge in [0.05, 0.1) is 6.54 Å². The van der Waals surface area contributed by atoms with E-state index in [9.17, 15) is 4.39 Å². The first-order valence-electron chi connectivity index (χ1n) is 8.56. The van der Waals surface area contributed by atoms with Gasteiger partial charge >= 0.3 is 0 Å². The molecule has 0 aliphatic carbocycles. The van der Waals surface area contributed by atoms with Gasteiger partial charge in [0.25, 0.3) is 0 Å². The van der Waals surface area contributed by atoms with Crippen LogP contribution >= 0.6 is 0 Å². The van der Waals surface area contributed by atoms with Crippen molar-refractivity contribution in [2.45, 2.75) is 26.6 Å². The predicted octanol–water partition coefficient (Wildman–Crippen LogP) is 3.14. The van der Waals surface area contributed by atoms with Gasteiger partial charge < -0.3 is 15.5 Å². The van der Waals surface area contributed by atoms with Crippen LogP contribution in [0.25, 0.3) is 0 Å². The lowest BCUT2D eigenvalue weighted by Crippen LogP contribution is -2.36. The number of rotatable bonds is 7. The fourth-order valence-electron chi connectivity index (χ4n) is 2.54. The Morgan fingerprint density at radius 1 is 1.00 bits per heavy atom. The van der Waals surface area contributed by atoms with Crippen LogP contribution in [0.1, 0.15) is 23.6 Å². The second-order valence-electron chi connectivity index (χ2n) is 6.24. The number of hydrogen-bond donors (Lipinski definition) is 2. The van der Waals surface area contributed by atoms with E-state index < -0.39 is 0 Å². The lowest BCUT2D eigenvalue weighted by Gasteiger charge is -2.12. The molecular formula is C20H27FN4. The summed E-state index contributed by atoms with van der Waals surface area (Å²) in [5.41, 5.74) is 3.33. The minimum Gasteiger partial charge on any atom is -0.357 e. The molecule has 0 bridgehead atoms. The summed E-state index contributed by atoms with van der Waals surface area (Å²) in [7, 11) is 4.12. The maximum atomic E-state index is 13.3. The van der Waals surface area contributed by atoms with Gasteiger partial charge in [-0.2, -0.15) is 0 Å². The van der Waals surface area contributed by atoms with E-state index in [1.807, 2.05) is 13.0 Å². The summed E-state index contributed by atoms with van der Waals surface area (Å²) >= 11 is 0. The summed E-state index contributed by atoms with van der Waals surface area (Å²) < 4.78 is 13.3. The highest BCUT2D eigenvalue weighted by Gasteiger charge is 2.01. The van der Waals surface area contributed by atoms with Gasteiger partial charge in [0.1, 0.15) is 5.82 Å². The monoisotopic (exact) mass is 342 g/mol. The summed E-state index contributed by atoms with van der Waals surface area (Å²) in [6, 6.07) is 15.0. The molecule has 2 aromatic carbocycles. The van der Waals surface area contributed by atoms with Crippen molar-refractivity contribution in [3.8, 4) is 0 Å². The Morgan fingerprint density at radius 3 is 2.44 bits per heavy atom. The van der Waals surface area contributed by atoms with Crippen LogP contribution in [-0.2, 0) is 19.6 Å². The molecule has 0 saturated carbocycles. The van der Waals surface area contributed by atoms with E-state index in [-0.39, 0.29) is 5.82 Å². The Morgan fingerprint density at radius 2 is 1.72 bits per heavy atom. The van der Waals surface area contributed by atoms with Crippen molar-refractivity contribution in [3.05, 3.63) is 71.0 Å². The average Bonchev–Trinajstić information content (AvgIpc) is 2.57. The third-order valence-electron chi connectivity index (χ3n) is 3.60. The van der Waals surface area contributed by atoms with Crippen LogP contribution in [0, 0.1) is 5.82 Å².